The minimum Gasteiger partial charge on any atom is -0.326 e. The first kappa shape index (κ1) is 11.6. The number of hydrogen-bond acceptors (Lipinski definition) is 6. The second kappa shape index (κ2) is 5.01. The molecule has 6 heteroatoms. The van der Waals surface area contributed by atoms with Crippen LogP contribution in [0, 0.1) is 0 Å². The molecule has 0 atom stereocenters. The van der Waals surface area contributed by atoms with Crippen molar-refractivity contribution in [2.75, 3.05) is 0 Å². The first-order chi connectivity index (χ1) is 8.88. The number of aromatic nitrogens is 3. The Balaban J connectivity index is 2.17. The number of nitrogens with two attached hydrogens (primary N) is 1. The van der Waals surface area contributed by atoms with Crippen LogP contribution in [-0.2, 0) is 6.54 Å². The third-order valence-corrected chi connectivity index (χ3v) is 4.45. The molecule has 0 unspecified atom stereocenters. The number of benzene rings is 1. The van der Waals surface area contributed by atoms with Crippen LogP contribution in [0.2, 0.25) is 0 Å². The van der Waals surface area contributed by atoms with Crippen LogP contribution in [0.15, 0.2) is 46.0 Å². The van der Waals surface area contributed by atoms with Crippen molar-refractivity contribution in [1.29, 1.82) is 0 Å². The molecular formula is C12H10N4S2. The SMILES string of the molecule is NCc1cnc2ccccc2c1Sc1ncns1. The van der Waals surface area contributed by atoms with Crippen molar-refractivity contribution >= 4 is 34.2 Å². The van der Waals surface area contributed by atoms with E-state index in [1.165, 1.54) is 11.5 Å². The summed E-state index contributed by atoms with van der Waals surface area (Å²) in [7, 11) is 0. The van der Waals surface area contributed by atoms with Crippen LogP contribution in [0.5, 0.6) is 0 Å². The Morgan fingerprint density at radius 2 is 2.11 bits per heavy atom. The molecule has 0 amide bonds. The Morgan fingerprint density at radius 1 is 1.22 bits per heavy atom. The Kier molecular flexibility index (Phi) is 3.22. The molecule has 3 aromatic rings. The number of rotatable bonds is 3. The van der Waals surface area contributed by atoms with Crippen LogP contribution >= 0.6 is 23.3 Å². The molecular weight excluding hydrogens is 264 g/mol. The summed E-state index contributed by atoms with van der Waals surface area (Å²) < 4.78 is 4.93. The van der Waals surface area contributed by atoms with Gasteiger partial charge >= 0.3 is 0 Å². The van der Waals surface area contributed by atoms with Gasteiger partial charge < -0.3 is 5.73 Å². The molecule has 0 spiro atoms. The zero-order chi connectivity index (χ0) is 12.4. The number of pyridine rings is 1. The maximum Gasteiger partial charge on any atom is 0.174 e. The van der Waals surface area contributed by atoms with Crippen LogP contribution < -0.4 is 5.73 Å². The maximum atomic E-state index is 5.78. The molecule has 0 aliphatic rings. The normalized spacial score (nSPS) is 10.9. The third-order valence-electron chi connectivity index (χ3n) is 2.55. The highest BCUT2D eigenvalue weighted by molar-refractivity contribution is 8.01. The monoisotopic (exact) mass is 274 g/mol. The van der Waals surface area contributed by atoms with Gasteiger partial charge in [0.2, 0.25) is 0 Å². The second-order valence-electron chi connectivity index (χ2n) is 3.64. The van der Waals surface area contributed by atoms with Gasteiger partial charge in [0.05, 0.1) is 5.52 Å². The number of para-hydroxylation sites is 1. The van der Waals surface area contributed by atoms with E-state index in [-0.39, 0.29) is 0 Å². The predicted octanol–water partition coefficient (Wildman–Crippen LogP) is 2.70. The molecule has 0 aliphatic heterocycles. The van der Waals surface area contributed by atoms with E-state index < -0.39 is 0 Å². The van der Waals surface area contributed by atoms with Gasteiger partial charge in [0.15, 0.2) is 4.34 Å². The summed E-state index contributed by atoms with van der Waals surface area (Å²) in [6, 6.07) is 8.05. The molecule has 90 valence electrons. The summed E-state index contributed by atoms with van der Waals surface area (Å²) in [4.78, 5) is 9.74. The van der Waals surface area contributed by atoms with E-state index in [4.69, 9.17) is 5.73 Å². The largest absolute Gasteiger partial charge is 0.326 e. The van der Waals surface area contributed by atoms with Crippen molar-refractivity contribution in [1.82, 2.24) is 14.3 Å². The van der Waals surface area contributed by atoms with Crippen LogP contribution in [0.25, 0.3) is 10.9 Å². The molecule has 2 aromatic heterocycles. The van der Waals surface area contributed by atoms with Gasteiger partial charge in [-0.2, -0.15) is 4.37 Å². The van der Waals surface area contributed by atoms with Gasteiger partial charge in [-0.05, 0) is 23.2 Å². The molecule has 0 radical (unpaired) electrons. The summed E-state index contributed by atoms with van der Waals surface area (Å²) in [6.07, 6.45) is 3.41. The van der Waals surface area contributed by atoms with Gasteiger partial charge in [-0.3, -0.25) is 4.98 Å². The summed E-state index contributed by atoms with van der Waals surface area (Å²) >= 11 is 2.99. The topological polar surface area (TPSA) is 64.7 Å². The van der Waals surface area contributed by atoms with Gasteiger partial charge in [-0.15, -0.1) is 0 Å². The molecule has 3 rings (SSSR count). The van der Waals surface area contributed by atoms with Crippen molar-refractivity contribution in [3.63, 3.8) is 0 Å². The predicted molar refractivity (Wildman–Crippen MR) is 73.7 cm³/mol. The van der Waals surface area contributed by atoms with Crippen molar-refractivity contribution in [3.8, 4) is 0 Å². The van der Waals surface area contributed by atoms with Crippen molar-refractivity contribution in [3.05, 3.63) is 42.4 Å². The van der Waals surface area contributed by atoms with E-state index in [1.54, 1.807) is 18.1 Å². The molecule has 0 saturated carbocycles. The second-order valence-corrected chi connectivity index (χ2v) is 5.68. The van der Waals surface area contributed by atoms with E-state index in [2.05, 4.69) is 20.4 Å². The number of hydrogen-bond donors (Lipinski definition) is 1. The van der Waals surface area contributed by atoms with E-state index in [9.17, 15) is 0 Å². The lowest BCUT2D eigenvalue weighted by Crippen LogP contribution is -2.00. The molecule has 18 heavy (non-hydrogen) atoms. The van der Waals surface area contributed by atoms with E-state index >= 15 is 0 Å². The van der Waals surface area contributed by atoms with Crippen LogP contribution in [0.1, 0.15) is 5.56 Å². The Labute approximate surface area is 112 Å². The maximum absolute atomic E-state index is 5.78. The fourth-order valence-corrected chi connectivity index (χ4v) is 3.35. The summed E-state index contributed by atoms with van der Waals surface area (Å²) in [5.41, 5.74) is 7.79. The van der Waals surface area contributed by atoms with E-state index in [1.807, 2.05) is 24.4 Å². The minimum absolute atomic E-state index is 0.471. The van der Waals surface area contributed by atoms with Gasteiger partial charge in [0, 0.05) is 23.0 Å². The lowest BCUT2D eigenvalue weighted by atomic mass is 10.1. The van der Waals surface area contributed by atoms with Crippen LogP contribution in [0.3, 0.4) is 0 Å². The van der Waals surface area contributed by atoms with Crippen molar-refractivity contribution in [2.24, 2.45) is 5.73 Å². The van der Waals surface area contributed by atoms with Gasteiger partial charge in [0.1, 0.15) is 6.33 Å². The molecule has 2 heterocycles. The zero-order valence-corrected chi connectivity index (χ0v) is 11.0. The first-order valence-electron chi connectivity index (χ1n) is 5.39. The first-order valence-corrected chi connectivity index (χ1v) is 6.98. The van der Waals surface area contributed by atoms with E-state index in [0.29, 0.717) is 6.54 Å². The van der Waals surface area contributed by atoms with Gasteiger partial charge in [0.25, 0.3) is 0 Å². The molecule has 2 N–H and O–H groups in total. The standard InChI is InChI=1S/C12H10N4S2/c13-5-8-6-14-10-4-2-1-3-9(10)11(8)17-12-15-7-16-18-12/h1-4,6-7H,5,13H2. The fourth-order valence-electron chi connectivity index (χ4n) is 1.72. The van der Waals surface area contributed by atoms with Crippen LogP contribution in [0.4, 0.5) is 0 Å². The lowest BCUT2D eigenvalue weighted by Gasteiger charge is -2.08. The summed E-state index contributed by atoms with van der Waals surface area (Å²) in [5.74, 6) is 0. The minimum atomic E-state index is 0.471. The summed E-state index contributed by atoms with van der Waals surface area (Å²) in [5, 5.41) is 1.11. The fraction of sp³-hybridized carbons (Fsp3) is 0.0833. The van der Waals surface area contributed by atoms with Gasteiger partial charge in [-0.1, -0.05) is 30.0 Å². The number of fused-ring (bicyclic) bond motifs is 1. The Hall–Kier alpha value is -1.50. The van der Waals surface area contributed by atoms with Crippen molar-refractivity contribution < 1.29 is 0 Å². The molecule has 0 saturated heterocycles. The van der Waals surface area contributed by atoms with E-state index in [0.717, 1.165) is 25.7 Å². The molecule has 0 fully saturated rings. The molecule has 4 nitrogen and oxygen atoms in total. The average molecular weight is 274 g/mol. The highest BCUT2D eigenvalue weighted by Crippen LogP contribution is 2.35. The molecule has 0 bridgehead atoms. The van der Waals surface area contributed by atoms with Gasteiger partial charge in [-0.25, -0.2) is 4.98 Å². The van der Waals surface area contributed by atoms with Crippen LogP contribution in [-0.4, -0.2) is 14.3 Å². The Morgan fingerprint density at radius 3 is 2.89 bits per heavy atom. The Bertz CT molecular complexity index is 667. The molecule has 1 aromatic carbocycles. The average Bonchev–Trinajstić information content (AvgIpc) is 2.92. The van der Waals surface area contributed by atoms with Crippen molar-refractivity contribution in [2.45, 2.75) is 15.8 Å². The highest BCUT2D eigenvalue weighted by atomic mass is 32.2. The number of nitrogens with zero attached hydrogens (tertiary/aromatic N) is 3. The molecule has 0 aliphatic carbocycles. The zero-order valence-electron chi connectivity index (χ0n) is 9.41. The highest BCUT2D eigenvalue weighted by Gasteiger charge is 2.10. The third kappa shape index (κ3) is 2.10. The quantitative estimate of drug-likeness (QED) is 0.795. The smallest absolute Gasteiger partial charge is 0.174 e. The summed E-state index contributed by atoms with van der Waals surface area (Å²) in [6.45, 7) is 0.471. The lowest BCUT2D eigenvalue weighted by molar-refractivity contribution is 1.02.